The highest BCUT2D eigenvalue weighted by Crippen LogP contribution is 2.28. The van der Waals surface area contributed by atoms with E-state index in [2.05, 4.69) is 17.1 Å². The fourth-order valence-corrected chi connectivity index (χ4v) is 3.24. The largest absolute Gasteiger partial charge is 0.465 e. The zero-order valence-corrected chi connectivity index (χ0v) is 14.0. The van der Waals surface area contributed by atoms with E-state index in [1.54, 1.807) is 11.3 Å². The third-order valence-electron chi connectivity index (χ3n) is 2.93. The first-order valence-electron chi connectivity index (χ1n) is 6.90. The lowest BCUT2D eigenvalue weighted by Gasteiger charge is -2.10. The summed E-state index contributed by atoms with van der Waals surface area (Å²) in [6.45, 7) is 4.38. The van der Waals surface area contributed by atoms with E-state index in [4.69, 9.17) is 4.74 Å². The van der Waals surface area contributed by atoms with Gasteiger partial charge in [0.25, 0.3) is 0 Å². The molecule has 2 aromatic heterocycles. The number of nitrogens with zero attached hydrogens (tertiary/aromatic N) is 3. The molecule has 0 saturated carbocycles. The van der Waals surface area contributed by atoms with Gasteiger partial charge < -0.3 is 9.30 Å². The Morgan fingerprint density at radius 2 is 2.33 bits per heavy atom. The summed E-state index contributed by atoms with van der Waals surface area (Å²) in [5.74, 6) is 0.619. The highest BCUT2D eigenvalue weighted by molar-refractivity contribution is 8.00. The Kier molecular flexibility index (Phi) is 5.81. The standard InChI is InChI=1S/C14H19N3O2S2/c1-4-5-8-19-13(18)10(2)21-14-16-15-12(17(14)3)11-7-6-9-20-11/h6-7,9-10H,4-5,8H2,1-3H3. The summed E-state index contributed by atoms with van der Waals surface area (Å²) >= 11 is 2.99. The number of ether oxygens (including phenoxy) is 1. The molecule has 1 atom stereocenters. The Morgan fingerprint density at radius 1 is 1.52 bits per heavy atom. The van der Waals surface area contributed by atoms with Crippen LogP contribution in [0.3, 0.4) is 0 Å². The van der Waals surface area contributed by atoms with E-state index in [1.165, 1.54) is 11.8 Å². The van der Waals surface area contributed by atoms with Crippen LogP contribution in [0.25, 0.3) is 10.7 Å². The van der Waals surface area contributed by atoms with Crippen molar-refractivity contribution in [2.45, 2.75) is 37.1 Å². The Hall–Kier alpha value is -1.34. The maximum atomic E-state index is 11.9. The predicted octanol–water partition coefficient (Wildman–Crippen LogP) is 3.37. The van der Waals surface area contributed by atoms with Crippen molar-refractivity contribution in [1.82, 2.24) is 14.8 Å². The molecule has 1 unspecified atom stereocenters. The summed E-state index contributed by atoms with van der Waals surface area (Å²) in [6.07, 6.45) is 1.91. The van der Waals surface area contributed by atoms with Crippen LogP contribution in [0.15, 0.2) is 22.7 Å². The van der Waals surface area contributed by atoms with Crippen LogP contribution in [0.1, 0.15) is 26.7 Å². The van der Waals surface area contributed by atoms with Crippen molar-refractivity contribution in [2.75, 3.05) is 6.61 Å². The monoisotopic (exact) mass is 325 g/mol. The number of rotatable bonds is 7. The minimum atomic E-state index is -0.291. The topological polar surface area (TPSA) is 57.0 Å². The van der Waals surface area contributed by atoms with Crippen LogP contribution in [-0.4, -0.2) is 32.6 Å². The molecule has 0 amide bonds. The van der Waals surface area contributed by atoms with Crippen LogP contribution in [0.2, 0.25) is 0 Å². The normalized spacial score (nSPS) is 12.3. The van der Waals surface area contributed by atoms with Crippen LogP contribution >= 0.6 is 23.1 Å². The molecule has 0 aromatic carbocycles. The van der Waals surface area contributed by atoms with Crippen LogP contribution < -0.4 is 0 Å². The average Bonchev–Trinajstić information content (AvgIpc) is 3.10. The van der Waals surface area contributed by atoms with E-state index in [-0.39, 0.29) is 11.2 Å². The molecule has 21 heavy (non-hydrogen) atoms. The molecule has 0 aliphatic carbocycles. The average molecular weight is 325 g/mol. The number of esters is 1. The van der Waals surface area contributed by atoms with Gasteiger partial charge >= 0.3 is 5.97 Å². The SMILES string of the molecule is CCCCOC(=O)C(C)Sc1nnc(-c2cccs2)n1C. The number of thioether (sulfide) groups is 1. The first-order valence-corrected chi connectivity index (χ1v) is 8.66. The number of carbonyl (C=O) groups is 1. The van der Waals surface area contributed by atoms with Gasteiger partial charge in [-0.15, -0.1) is 21.5 Å². The number of hydrogen-bond donors (Lipinski definition) is 0. The number of hydrogen-bond acceptors (Lipinski definition) is 6. The second kappa shape index (κ2) is 7.61. The first kappa shape index (κ1) is 16.0. The van der Waals surface area contributed by atoms with Gasteiger partial charge in [-0.05, 0) is 24.8 Å². The van der Waals surface area contributed by atoms with Crippen LogP contribution in [0, 0.1) is 0 Å². The molecule has 114 valence electrons. The molecule has 0 aliphatic heterocycles. The van der Waals surface area contributed by atoms with E-state index in [1.807, 2.05) is 36.1 Å². The zero-order valence-electron chi connectivity index (χ0n) is 12.4. The van der Waals surface area contributed by atoms with Gasteiger partial charge in [0.05, 0.1) is 11.5 Å². The van der Waals surface area contributed by atoms with Gasteiger partial charge in [-0.25, -0.2) is 0 Å². The Bertz CT molecular complexity index is 581. The molecule has 2 aromatic rings. The third-order valence-corrected chi connectivity index (χ3v) is 4.91. The Labute approximate surface area is 132 Å². The van der Waals surface area contributed by atoms with Gasteiger partial charge in [-0.2, -0.15) is 0 Å². The highest BCUT2D eigenvalue weighted by atomic mass is 32.2. The number of thiophene rings is 1. The third kappa shape index (κ3) is 4.07. The van der Waals surface area contributed by atoms with Crippen LogP contribution in [0.4, 0.5) is 0 Å². The summed E-state index contributed by atoms with van der Waals surface area (Å²) in [5, 5.41) is 10.8. The van der Waals surface area contributed by atoms with Crippen molar-refractivity contribution in [2.24, 2.45) is 7.05 Å². The summed E-state index contributed by atoms with van der Waals surface area (Å²) in [4.78, 5) is 12.9. The highest BCUT2D eigenvalue weighted by Gasteiger charge is 2.20. The molecular formula is C14H19N3O2S2. The van der Waals surface area contributed by atoms with Crippen LogP contribution in [0.5, 0.6) is 0 Å². The van der Waals surface area contributed by atoms with Gasteiger partial charge in [0.1, 0.15) is 5.25 Å². The van der Waals surface area contributed by atoms with Crippen molar-refractivity contribution in [1.29, 1.82) is 0 Å². The van der Waals surface area contributed by atoms with Gasteiger partial charge in [0.15, 0.2) is 11.0 Å². The van der Waals surface area contributed by atoms with Gasteiger partial charge in [0.2, 0.25) is 0 Å². The molecule has 0 radical (unpaired) electrons. The van der Waals surface area contributed by atoms with Crippen LogP contribution in [-0.2, 0) is 16.6 Å². The second-order valence-electron chi connectivity index (χ2n) is 4.62. The predicted molar refractivity (Wildman–Crippen MR) is 85.5 cm³/mol. The molecule has 0 spiro atoms. The quantitative estimate of drug-likeness (QED) is 0.444. The van der Waals surface area contributed by atoms with Crippen molar-refractivity contribution >= 4 is 29.1 Å². The number of aromatic nitrogens is 3. The molecule has 2 heterocycles. The molecule has 2 rings (SSSR count). The lowest BCUT2D eigenvalue weighted by molar-refractivity contribution is -0.142. The summed E-state index contributed by atoms with van der Waals surface area (Å²) in [7, 11) is 1.91. The van der Waals surface area contributed by atoms with Crippen molar-refractivity contribution in [3.05, 3.63) is 17.5 Å². The fourth-order valence-electron chi connectivity index (χ4n) is 1.68. The Morgan fingerprint density at radius 3 is 3.00 bits per heavy atom. The first-order chi connectivity index (χ1) is 10.1. The van der Waals surface area contributed by atoms with E-state index in [9.17, 15) is 4.79 Å². The maximum Gasteiger partial charge on any atom is 0.319 e. The van der Waals surface area contributed by atoms with Crippen molar-refractivity contribution < 1.29 is 9.53 Å². The fraction of sp³-hybridized carbons (Fsp3) is 0.500. The minimum Gasteiger partial charge on any atom is -0.465 e. The molecular weight excluding hydrogens is 306 g/mol. The molecule has 0 N–H and O–H groups in total. The smallest absolute Gasteiger partial charge is 0.319 e. The minimum absolute atomic E-state index is 0.200. The molecule has 5 nitrogen and oxygen atoms in total. The van der Waals surface area contributed by atoms with E-state index >= 15 is 0 Å². The molecule has 0 fully saturated rings. The van der Waals surface area contributed by atoms with Gasteiger partial charge in [-0.3, -0.25) is 4.79 Å². The summed E-state index contributed by atoms with van der Waals surface area (Å²) in [5.41, 5.74) is 0. The lowest BCUT2D eigenvalue weighted by atomic mass is 10.4. The molecule has 0 saturated heterocycles. The Balaban J connectivity index is 1.98. The lowest BCUT2D eigenvalue weighted by Crippen LogP contribution is -2.18. The van der Waals surface area contributed by atoms with Crippen molar-refractivity contribution in [3.8, 4) is 10.7 Å². The van der Waals surface area contributed by atoms with E-state index in [0.717, 1.165) is 28.7 Å². The second-order valence-corrected chi connectivity index (χ2v) is 6.88. The number of unbranched alkanes of at least 4 members (excludes halogenated alkanes) is 1. The molecule has 0 bridgehead atoms. The van der Waals surface area contributed by atoms with Gasteiger partial charge in [0, 0.05) is 7.05 Å². The van der Waals surface area contributed by atoms with E-state index < -0.39 is 0 Å². The maximum absolute atomic E-state index is 11.9. The van der Waals surface area contributed by atoms with E-state index in [0.29, 0.717) is 6.61 Å². The molecule has 7 heteroatoms. The summed E-state index contributed by atoms with van der Waals surface area (Å²) < 4.78 is 7.13. The van der Waals surface area contributed by atoms with Crippen molar-refractivity contribution in [3.63, 3.8) is 0 Å². The molecule has 0 aliphatic rings. The van der Waals surface area contributed by atoms with Gasteiger partial charge in [-0.1, -0.05) is 31.2 Å². The number of carbonyl (C=O) groups excluding carboxylic acids is 1. The summed E-state index contributed by atoms with van der Waals surface area (Å²) in [6, 6.07) is 3.99. The zero-order chi connectivity index (χ0) is 15.2.